The van der Waals surface area contributed by atoms with Crippen molar-refractivity contribution in [3.05, 3.63) is 29.3 Å². The molecule has 0 saturated carbocycles. The number of fused-ring (bicyclic) bond motifs is 1. The van der Waals surface area contributed by atoms with Gasteiger partial charge in [0.05, 0.1) is 5.69 Å². The molecule has 0 saturated heterocycles. The van der Waals surface area contributed by atoms with Crippen molar-refractivity contribution in [2.45, 2.75) is 32.7 Å². The van der Waals surface area contributed by atoms with E-state index in [0.717, 1.165) is 6.54 Å². The van der Waals surface area contributed by atoms with E-state index in [9.17, 15) is 0 Å². The Morgan fingerprint density at radius 2 is 2.31 bits per heavy atom. The summed E-state index contributed by atoms with van der Waals surface area (Å²) in [4.78, 5) is 0. The topological polar surface area (TPSA) is 24.1 Å². The predicted octanol–water partition coefficient (Wildman–Crippen LogP) is 2.63. The second kappa shape index (κ2) is 3.38. The SMILES string of the molecule is CCC(C)c1cccc2c1CNN2. The van der Waals surface area contributed by atoms with Gasteiger partial charge in [0, 0.05) is 6.54 Å². The maximum atomic E-state index is 3.17. The van der Waals surface area contributed by atoms with Gasteiger partial charge in [-0.15, -0.1) is 0 Å². The Morgan fingerprint density at radius 3 is 3.08 bits per heavy atom. The van der Waals surface area contributed by atoms with Gasteiger partial charge in [0.1, 0.15) is 0 Å². The summed E-state index contributed by atoms with van der Waals surface area (Å²) in [5, 5.41) is 0. The molecule has 0 amide bonds. The molecule has 1 unspecified atom stereocenters. The van der Waals surface area contributed by atoms with E-state index in [4.69, 9.17) is 0 Å². The molecule has 2 rings (SSSR count). The smallest absolute Gasteiger partial charge is 0.0536 e. The van der Waals surface area contributed by atoms with Gasteiger partial charge in [-0.25, -0.2) is 5.43 Å². The predicted molar refractivity (Wildman–Crippen MR) is 55.6 cm³/mol. The van der Waals surface area contributed by atoms with Crippen molar-refractivity contribution in [2.24, 2.45) is 0 Å². The fourth-order valence-corrected chi connectivity index (χ4v) is 1.83. The number of rotatable bonds is 2. The van der Waals surface area contributed by atoms with E-state index < -0.39 is 0 Å². The van der Waals surface area contributed by atoms with Crippen LogP contribution in [0, 0.1) is 0 Å². The van der Waals surface area contributed by atoms with E-state index in [2.05, 4.69) is 42.9 Å². The first-order valence-electron chi connectivity index (χ1n) is 4.93. The van der Waals surface area contributed by atoms with Crippen LogP contribution in [0.3, 0.4) is 0 Å². The molecule has 0 aliphatic carbocycles. The Bertz CT molecular complexity index is 307. The second-order valence-electron chi connectivity index (χ2n) is 3.66. The Hall–Kier alpha value is -1.02. The third-order valence-electron chi connectivity index (χ3n) is 2.84. The number of benzene rings is 1. The molecule has 1 atom stereocenters. The first kappa shape index (κ1) is 8.57. The highest BCUT2D eigenvalue weighted by atomic mass is 15.4. The molecule has 2 nitrogen and oxygen atoms in total. The summed E-state index contributed by atoms with van der Waals surface area (Å²) < 4.78 is 0. The molecule has 1 aliphatic heterocycles. The third-order valence-corrected chi connectivity index (χ3v) is 2.84. The van der Waals surface area contributed by atoms with Crippen molar-refractivity contribution in [3.8, 4) is 0 Å². The van der Waals surface area contributed by atoms with Crippen LogP contribution in [-0.4, -0.2) is 0 Å². The van der Waals surface area contributed by atoms with Crippen molar-refractivity contribution >= 4 is 5.69 Å². The Kier molecular flexibility index (Phi) is 2.23. The minimum absolute atomic E-state index is 0.664. The average Bonchev–Trinajstić information content (AvgIpc) is 2.63. The largest absolute Gasteiger partial charge is 0.321 e. The molecular formula is C11H16N2. The van der Waals surface area contributed by atoms with E-state index >= 15 is 0 Å². The van der Waals surface area contributed by atoms with Crippen LogP contribution >= 0.6 is 0 Å². The molecule has 70 valence electrons. The molecule has 0 radical (unpaired) electrons. The molecule has 0 fully saturated rings. The highest BCUT2D eigenvalue weighted by Crippen LogP contribution is 2.29. The summed E-state index contributed by atoms with van der Waals surface area (Å²) in [6.45, 7) is 5.48. The van der Waals surface area contributed by atoms with Crippen LogP contribution in [0.2, 0.25) is 0 Å². The minimum atomic E-state index is 0.664. The van der Waals surface area contributed by atoms with Crippen LogP contribution in [-0.2, 0) is 6.54 Å². The molecule has 0 bridgehead atoms. The maximum Gasteiger partial charge on any atom is 0.0536 e. The van der Waals surface area contributed by atoms with Crippen molar-refractivity contribution in [1.29, 1.82) is 0 Å². The lowest BCUT2D eigenvalue weighted by molar-refractivity contribution is 0.719. The van der Waals surface area contributed by atoms with Gasteiger partial charge >= 0.3 is 0 Å². The Labute approximate surface area is 79.3 Å². The number of hydrogen-bond donors (Lipinski definition) is 2. The van der Waals surface area contributed by atoms with Crippen molar-refractivity contribution in [2.75, 3.05) is 5.43 Å². The highest BCUT2D eigenvalue weighted by Gasteiger charge is 2.15. The van der Waals surface area contributed by atoms with Crippen LogP contribution in [0.25, 0.3) is 0 Å². The van der Waals surface area contributed by atoms with Crippen LogP contribution < -0.4 is 10.9 Å². The fraction of sp³-hybridized carbons (Fsp3) is 0.455. The van der Waals surface area contributed by atoms with Gasteiger partial charge in [0.15, 0.2) is 0 Å². The van der Waals surface area contributed by atoms with E-state index in [-0.39, 0.29) is 0 Å². The number of hydrogen-bond acceptors (Lipinski definition) is 2. The quantitative estimate of drug-likeness (QED) is 0.723. The molecule has 1 aliphatic rings. The van der Waals surface area contributed by atoms with Gasteiger partial charge in [-0.1, -0.05) is 26.0 Å². The van der Waals surface area contributed by atoms with Gasteiger partial charge in [0.25, 0.3) is 0 Å². The summed E-state index contributed by atoms with van der Waals surface area (Å²) >= 11 is 0. The van der Waals surface area contributed by atoms with E-state index in [1.165, 1.54) is 23.2 Å². The van der Waals surface area contributed by atoms with Crippen molar-refractivity contribution in [1.82, 2.24) is 5.43 Å². The van der Waals surface area contributed by atoms with E-state index in [1.807, 2.05) is 0 Å². The van der Waals surface area contributed by atoms with Gasteiger partial charge in [-0.05, 0) is 29.5 Å². The average molecular weight is 176 g/mol. The van der Waals surface area contributed by atoms with Gasteiger partial charge < -0.3 is 5.43 Å². The zero-order valence-corrected chi connectivity index (χ0v) is 8.22. The maximum absolute atomic E-state index is 3.17. The van der Waals surface area contributed by atoms with Crippen LogP contribution in [0.5, 0.6) is 0 Å². The second-order valence-corrected chi connectivity index (χ2v) is 3.66. The summed E-state index contributed by atoms with van der Waals surface area (Å²) in [6, 6.07) is 6.49. The van der Waals surface area contributed by atoms with Crippen LogP contribution in [0.1, 0.15) is 37.3 Å². The van der Waals surface area contributed by atoms with Gasteiger partial charge in [0.2, 0.25) is 0 Å². The fourth-order valence-electron chi connectivity index (χ4n) is 1.83. The molecule has 0 spiro atoms. The lowest BCUT2D eigenvalue weighted by atomic mass is 9.93. The molecule has 13 heavy (non-hydrogen) atoms. The summed E-state index contributed by atoms with van der Waals surface area (Å²) in [7, 11) is 0. The van der Waals surface area contributed by atoms with Crippen molar-refractivity contribution in [3.63, 3.8) is 0 Å². The molecule has 1 aromatic rings. The molecule has 1 heterocycles. The molecular weight excluding hydrogens is 160 g/mol. The molecule has 0 aromatic heterocycles. The van der Waals surface area contributed by atoms with E-state index in [0.29, 0.717) is 5.92 Å². The first-order chi connectivity index (χ1) is 6.33. The van der Waals surface area contributed by atoms with Crippen LogP contribution in [0.4, 0.5) is 5.69 Å². The highest BCUT2D eigenvalue weighted by molar-refractivity contribution is 5.57. The van der Waals surface area contributed by atoms with Gasteiger partial charge in [-0.2, -0.15) is 0 Å². The number of nitrogens with one attached hydrogen (secondary N) is 2. The normalized spacial score (nSPS) is 16.5. The zero-order chi connectivity index (χ0) is 9.26. The monoisotopic (exact) mass is 176 g/mol. The number of hydrazine groups is 1. The summed E-state index contributed by atoms with van der Waals surface area (Å²) in [6.07, 6.45) is 1.20. The number of anilines is 1. The lowest BCUT2D eigenvalue weighted by Gasteiger charge is -2.12. The Balaban J connectivity index is 2.41. The van der Waals surface area contributed by atoms with Crippen LogP contribution in [0.15, 0.2) is 18.2 Å². The molecule has 2 N–H and O–H groups in total. The third kappa shape index (κ3) is 1.42. The minimum Gasteiger partial charge on any atom is -0.321 e. The Morgan fingerprint density at radius 1 is 1.46 bits per heavy atom. The zero-order valence-electron chi connectivity index (χ0n) is 8.22. The lowest BCUT2D eigenvalue weighted by Crippen LogP contribution is -2.11. The van der Waals surface area contributed by atoms with Crippen molar-refractivity contribution < 1.29 is 0 Å². The van der Waals surface area contributed by atoms with Gasteiger partial charge in [-0.3, -0.25) is 0 Å². The standard InChI is InChI=1S/C11H16N2/c1-3-8(2)9-5-4-6-11-10(9)7-12-13-11/h4-6,8,12-13H,3,7H2,1-2H3. The summed E-state index contributed by atoms with van der Waals surface area (Å²) in [5.41, 5.74) is 10.5. The van der Waals surface area contributed by atoms with E-state index in [1.54, 1.807) is 0 Å². The first-order valence-corrected chi connectivity index (χ1v) is 4.93. The summed E-state index contributed by atoms with van der Waals surface area (Å²) in [5.74, 6) is 0.664. The molecule has 1 aromatic carbocycles. The molecule has 2 heteroatoms.